The number of nitrogens with zero attached hydrogens (tertiary/aromatic N) is 3. The van der Waals surface area contributed by atoms with Crippen LogP contribution in [0.25, 0.3) is 11.4 Å². The van der Waals surface area contributed by atoms with Crippen molar-refractivity contribution in [3.63, 3.8) is 0 Å². The van der Waals surface area contributed by atoms with E-state index < -0.39 is 0 Å². The summed E-state index contributed by atoms with van der Waals surface area (Å²) in [6, 6.07) is 20.7. The Hall–Kier alpha value is -4.00. The topological polar surface area (TPSA) is 92.8 Å². The van der Waals surface area contributed by atoms with Crippen LogP contribution < -0.4 is 10.1 Å². The molecule has 0 aliphatic heterocycles. The van der Waals surface area contributed by atoms with Gasteiger partial charge in [-0.1, -0.05) is 42.5 Å². The zero-order valence-corrected chi connectivity index (χ0v) is 16.3. The van der Waals surface area contributed by atoms with E-state index >= 15 is 0 Å². The molecule has 0 aliphatic carbocycles. The molecule has 0 saturated heterocycles. The van der Waals surface area contributed by atoms with Crippen LogP contribution in [0.1, 0.15) is 21.7 Å². The first kappa shape index (κ1) is 19.3. The molecular weight excluding hydrogens is 378 g/mol. The Morgan fingerprint density at radius 3 is 2.77 bits per heavy atom. The number of ether oxygens (including phenoxy) is 1. The average Bonchev–Trinajstić information content (AvgIpc) is 3.28. The quantitative estimate of drug-likeness (QED) is 0.474. The molecule has 4 rings (SSSR count). The van der Waals surface area contributed by atoms with Crippen LogP contribution in [-0.4, -0.2) is 32.6 Å². The smallest absolute Gasteiger partial charge is 0.251 e. The van der Waals surface area contributed by atoms with E-state index in [9.17, 15) is 4.79 Å². The van der Waals surface area contributed by atoms with Crippen molar-refractivity contribution in [2.45, 2.75) is 13.0 Å². The number of aromatic nitrogens is 4. The van der Waals surface area contributed by atoms with E-state index in [0.717, 1.165) is 17.0 Å². The normalized spacial score (nSPS) is 10.5. The second-order valence-electron chi connectivity index (χ2n) is 6.66. The molecule has 1 amide bonds. The van der Waals surface area contributed by atoms with Gasteiger partial charge in [-0.3, -0.25) is 14.9 Å². The van der Waals surface area contributed by atoms with Gasteiger partial charge in [-0.25, -0.2) is 4.98 Å². The van der Waals surface area contributed by atoms with E-state index in [2.05, 4.69) is 25.5 Å². The third kappa shape index (κ3) is 5.08. The summed E-state index contributed by atoms with van der Waals surface area (Å²) in [5.41, 5.74) is 2.46. The number of rotatable bonds is 8. The van der Waals surface area contributed by atoms with Crippen LogP contribution in [0.5, 0.6) is 5.75 Å². The summed E-state index contributed by atoms with van der Waals surface area (Å²) in [7, 11) is 0. The summed E-state index contributed by atoms with van der Waals surface area (Å²) >= 11 is 0. The van der Waals surface area contributed by atoms with Gasteiger partial charge >= 0.3 is 0 Å². The highest BCUT2D eigenvalue weighted by Crippen LogP contribution is 2.15. The van der Waals surface area contributed by atoms with Gasteiger partial charge in [0.05, 0.1) is 0 Å². The van der Waals surface area contributed by atoms with E-state index in [1.165, 1.54) is 0 Å². The van der Waals surface area contributed by atoms with Crippen molar-refractivity contribution in [1.29, 1.82) is 0 Å². The van der Waals surface area contributed by atoms with Gasteiger partial charge in [-0.2, -0.15) is 5.10 Å². The molecule has 4 aromatic rings. The number of carbonyl (C=O) groups is 1. The molecule has 7 heteroatoms. The first-order valence-corrected chi connectivity index (χ1v) is 9.64. The Kier molecular flexibility index (Phi) is 6.10. The Balaban J connectivity index is 1.28. The van der Waals surface area contributed by atoms with Crippen LogP contribution >= 0.6 is 0 Å². The van der Waals surface area contributed by atoms with E-state index in [4.69, 9.17) is 4.74 Å². The molecule has 0 fully saturated rings. The first-order valence-electron chi connectivity index (χ1n) is 9.64. The van der Waals surface area contributed by atoms with Crippen molar-refractivity contribution >= 4 is 5.91 Å². The Labute approximate surface area is 174 Å². The molecule has 0 saturated carbocycles. The number of hydrogen-bond donors (Lipinski definition) is 2. The van der Waals surface area contributed by atoms with E-state index in [1.54, 1.807) is 30.6 Å². The number of H-pyrrole nitrogens is 1. The molecule has 0 aliphatic rings. The van der Waals surface area contributed by atoms with E-state index in [-0.39, 0.29) is 5.91 Å². The van der Waals surface area contributed by atoms with E-state index in [1.807, 2.05) is 48.5 Å². The highest BCUT2D eigenvalue weighted by Gasteiger charge is 2.09. The van der Waals surface area contributed by atoms with Crippen LogP contribution in [0.3, 0.4) is 0 Å². The lowest BCUT2D eigenvalue weighted by Crippen LogP contribution is -2.25. The number of nitrogens with one attached hydrogen (secondary N) is 2. The molecule has 30 heavy (non-hydrogen) atoms. The minimum atomic E-state index is -0.162. The molecule has 0 spiro atoms. The van der Waals surface area contributed by atoms with Crippen molar-refractivity contribution in [3.8, 4) is 17.1 Å². The summed E-state index contributed by atoms with van der Waals surface area (Å²) in [5.74, 6) is 1.84. The molecule has 150 valence electrons. The minimum Gasteiger partial charge on any atom is -0.489 e. The molecule has 2 aromatic carbocycles. The van der Waals surface area contributed by atoms with Gasteiger partial charge in [0, 0.05) is 42.0 Å². The number of benzene rings is 2. The fourth-order valence-corrected chi connectivity index (χ4v) is 2.90. The van der Waals surface area contributed by atoms with Crippen LogP contribution in [0.4, 0.5) is 0 Å². The Morgan fingerprint density at radius 1 is 1.03 bits per heavy atom. The van der Waals surface area contributed by atoms with Crippen molar-refractivity contribution < 1.29 is 9.53 Å². The predicted octanol–water partition coefficient (Wildman–Crippen LogP) is 3.42. The third-order valence-corrected chi connectivity index (χ3v) is 4.44. The monoisotopic (exact) mass is 399 g/mol. The van der Waals surface area contributed by atoms with Gasteiger partial charge in [-0.15, -0.1) is 0 Å². The largest absolute Gasteiger partial charge is 0.489 e. The lowest BCUT2D eigenvalue weighted by Gasteiger charge is -2.08. The summed E-state index contributed by atoms with van der Waals surface area (Å²) in [5, 5.41) is 10.1. The maximum absolute atomic E-state index is 12.5. The molecule has 0 bridgehead atoms. The van der Waals surface area contributed by atoms with Crippen LogP contribution in [0.2, 0.25) is 0 Å². The summed E-state index contributed by atoms with van der Waals surface area (Å²) in [6.07, 6.45) is 4.03. The molecule has 2 heterocycles. The maximum atomic E-state index is 12.5. The van der Waals surface area contributed by atoms with Gasteiger partial charge in [0.15, 0.2) is 5.82 Å². The number of aromatic amines is 1. The standard InChI is InChI=1S/C23H21N5O2/c29-23(19-9-4-10-20(14-19)30-16-17-6-5-12-24-15-17)25-13-11-21-26-22(28-27-21)18-7-2-1-3-8-18/h1-10,12,14-15H,11,13,16H2,(H,25,29)(H,26,27,28). The summed E-state index contributed by atoms with van der Waals surface area (Å²) < 4.78 is 5.76. The van der Waals surface area contributed by atoms with Crippen molar-refractivity contribution in [2.24, 2.45) is 0 Å². The fourth-order valence-electron chi connectivity index (χ4n) is 2.90. The van der Waals surface area contributed by atoms with Crippen molar-refractivity contribution in [2.75, 3.05) is 6.54 Å². The highest BCUT2D eigenvalue weighted by molar-refractivity contribution is 5.94. The first-order chi connectivity index (χ1) is 14.8. The molecule has 0 atom stereocenters. The van der Waals surface area contributed by atoms with Gasteiger partial charge < -0.3 is 10.1 Å². The SMILES string of the molecule is O=C(NCCc1nc(-c2ccccc2)n[nH]1)c1cccc(OCc2cccnc2)c1. The third-order valence-electron chi connectivity index (χ3n) is 4.44. The number of amides is 1. The van der Waals surface area contributed by atoms with Crippen LogP contribution in [0, 0.1) is 0 Å². The second-order valence-corrected chi connectivity index (χ2v) is 6.66. The van der Waals surface area contributed by atoms with Gasteiger partial charge in [-0.05, 0) is 24.3 Å². The molecule has 0 unspecified atom stereocenters. The maximum Gasteiger partial charge on any atom is 0.251 e. The summed E-state index contributed by atoms with van der Waals surface area (Å²) in [6.45, 7) is 0.844. The summed E-state index contributed by atoms with van der Waals surface area (Å²) in [4.78, 5) is 21.0. The number of hydrogen-bond acceptors (Lipinski definition) is 5. The van der Waals surface area contributed by atoms with Crippen molar-refractivity contribution in [3.05, 3.63) is 96.1 Å². The predicted molar refractivity (Wildman–Crippen MR) is 113 cm³/mol. The lowest BCUT2D eigenvalue weighted by atomic mass is 10.2. The zero-order chi connectivity index (χ0) is 20.6. The number of carbonyl (C=O) groups excluding carboxylic acids is 1. The zero-order valence-electron chi connectivity index (χ0n) is 16.3. The molecule has 2 N–H and O–H groups in total. The molecular formula is C23H21N5O2. The fraction of sp³-hybridized carbons (Fsp3) is 0.130. The van der Waals surface area contributed by atoms with Crippen LogP contribution in [-0.2, 0) is 13.0 Å². The second kappa shape index (κ2) is 9.47. The molecule has 2 aromatic heterocycles. The van der Waals surface area contributed by atoms with Gasteiger partial charge in [0.2, 0.25) is 0 Å². The minimum absolute atomic E-state index is 0.162. The molecule has 0 radical (unpaired) electrons. The Morgan fingerprint density at radius 2 is 1.93 bits per heavy atom. The molecule has 7 nitrogen and oxygen atoms in total. The van der Waals surface area contributed by atoms with Gasteiger partial charge in [0.1, 0.15) is 18.2 Å². The lowest BCUT2D eigenvalue weighted by molar-refractivity contribution is 0.0953. The van der Waals surface area contributed by atoms with Gasteiger partial charge in [0.25, 0.3) is 5.91 Å². The number of pyridine rings is 1. The Bertz CT molecular complexity index is 1100. The van der Waals surface area contributed by atoms with Crippen molar-refractivity contribution in [1.82, 2.24) is 25.5 Å². The van der Waals surface area contributed by atoms with Crippen LogP contribution in [0.15, 0.2) is 79.1 Å². The average molecular weight is 399 g/mol. The van der Waals surface area contributed by atoms with E-state index in [0.29, 0.717) is 36.7 Å². The highest BCUT2D eigenvalue weighted by atomic mass is 16.5.